The van der Waals surface area contributed by atoms with Gasteiger partial charge in [0.2, 0.25) is 0 Å². The molecule has 1 unspecified atom stereocenters. The lowest BCUT2D eigenvalue weighted by Gasteiger charge is -2.15. The number of aryl methyl sites for hydroxylation is 2. The van der Waals surface area contributed by atoms with Crippen molar-refractivity contribution in [2.45, 2.75) is 32.9 Å². The number of nitrogens with one attached hydrogen (secondary N) is 1. The molecule has 0 amide bonds. The van der Waals surface area contributed by atoms with Crippen molar-refractivity contribution >= 4 is 11.3 Å². The lowest BCUT2D eigenvalue weighted by atomic mass is 10.2. The van der Waals surface area contributed by atoms with E-state index in [0.717, 1.165) is 18.8 Å². The molecule has 2 aromatic heterocycles. The summed E-state index contributed by atoms with van der Waals surface area (Å²) < 4.78 is 2.15. The Bertz CT molecular complexity index is 474. The molecule has 3 N–H and O–H groups in total. The minimum atomic E-state index is -0.0183. The molecule has 0 fully saturated rings. The highest BCUT2D eigenvalue weighted by Gasteiger charge is 2.18. The average molecular weight is 250 g/mol. The molecule has 17 heavy (non-hydrogen) atoms. The van der Waals surface area contributed by atoms with E-state index in [9.17, 15) is 0 Å². The minimum absolute atomic E-state index is 0.0183. The number of aromatic nitrogens is 2. The van der Waals surface area contributed by atoms with Gasteiger partial charge in [0.1, 0.15) is 11.9 Å². The van der Waals surface area contributed by atoms with Crippen molar-refractivity contribution in [3.05, 3.63) is 40.1 Å². The standard InChI is InChI=1S/C12H18N4S/c1-3-7-16-8-6-14-12(16)11(15-13)10-5-4-9(2)17-10/h4-6,8,11,15H,3,7,13H2,1-2H3. The van der Waals surface area contributed by atoms with E-state index in [2.05, 4.69) is 41.0 Å². The van der Waals surface area contributed by atoms with Crippen LogP contribution >= 0.6 is 11.3 Å². The topological polar surface area (TPSA) is 55.9 Å². The van der Waals surface area contributed by atoms with Crippen molar-refractivity contribution in [2.75, 3.05) is 0 Å². The zero-order chi connectivity index (χ0) is 12.3. The van der Waals surface area contributed by atoms with E-state index >= 15 is 0 Å². The predicted octanol–water partition coefficient (Wildman–Crippen LogP) is 2.22. The summed E-state index contributed by atoms with van der Waals surface area (Å²) in [5.41, 5.74) is 2.86. The molecule has 0 radical (unpaired) electrons. The largest absolute Gasteiger partial charge is 0.333 e. The molecule has 0 aliphatic carbocycles. The third-order valence-electron chi connectivity index (χ3n) is 2.68. The molecule has 1 atom stereocenters. The van der Waals surface area contributed by atoms with Crippen molar-refractivity contribution < 1.29 is 0 Å². The lowest BCUT2D eigenvalue weighted by molar-refractivity contribution is 0.551. The first-order valence-electron chi connectivity index (χ1n) is 5.79. The van der Waals surface area contributed by atoms with Crippen molar-refractivity contribution in [2.24, 2.45) is 5.84 Å². The Morgan fingerprint density at radius 1 is 1.53 bits per heavy atom. The molecule has 0 bridgehead atoms. The van der Waals surface area contributed by atoms with E-state index in [1.165, 1.54) is 9.75 Å². The second-order valence-electron chi connectivity index (χ2n) is 4.03. The SMILES string of the molecule is CCCn1ccnc1C(NN)c1ccc(C)s1. The number of hydrogen-bond donors (Lipinski definition) is 2. The summed E-state index contributed by atoms with van der Waals surface area (Å²) in [6.45, 7) is 5.22. The smallest absolute Gasteiger partial charge is 0.132 e. The van der Waals surface area contributed by atoms with Gasteiger partial charge in [-0.2, -0.15) is 0 Å². The summed E-state index contributed by atoms with van der Waals surface area (Å²) in [6, 6.07) is 4.20. The fraction of sp³-hybridized carbons (Fsp3) is 0.417. The van der Waals surface area contributed by atoms with E-state index in [1.54, 1.807) is 11.3 Å². The van der Waals surface area contributed by atoms with Gasteiger partial charge in [0.05, 0.1) is 0 Å². The Kier molecular flexibility index (Phi) is 3.93. The summed E-state index contributed by atoms with van der Waals surface area (Å²) >= 11 is 1.75. The number of hydrazine groups is 1. The van der Waals surface area contributed by atoms with Crippen LogP contribution in [0.25, 0.3) is 0 Å². The van der Waals surface area contributed by atoms with E-state index in [0.29, 0.717) is 0 Å². The number of thiophene rings is 1. The Balaban J connectivity index is 2.31. The molecule has 2 aromatic rings. The molecule has 4 nitrogen and oxygen atoms in total. The number of nitrogens with zero attached hydrogens (tertiary/aromatic N) is 2. The number of imidazole rings is 1. The normalized spacial score (nSPS) is 12.9. The minimum Gasteiger partial charge on any atom is -0.333 e. The van der Waals surface area contributed by atoms with Gasteiger partial charge >= 0.3 is 0 Å². The van der Waals surface area contributed by atoms with Crippen molar-refractivity contribution in [1.82, 2.24) is 15.0 Å². The van der Waals surface area contributed by atoms with Crippen LogP contribution in [0.15, 0.2) is 24.5 Å². The maximum atomic E-state index is 5.67. The van der Waals surface area contributed by atoms with Crippen LogP contribution in [0, 0.1) is 6.92 Å². The van der Waals surface area contributed by atoms with Crippen LogP contribution in [0.2, 0.25) is 0 Å². The molecular formula is C12H18N4S. The van der Waals surface area contributed by atoms with Crippen LogP contribution < -0.4 is 11.3 Å². The Morgan fingerprint density at radius 3 is 2.94 bits per heavy atom. The van der Waals surface area contributed by atoms with Gasteiger partial charge in [0.25, 0.3) is 0 Å². The highest BCUT2D eigenvalue weighted by Crippen LogP contribution is 2.26. The first kappa shape index (κ1) is 12.3. The van der Waals surface area contributed by atoms with Gasteiger partial charge < -0.3 is 4.57 Å². The van der Waals surface area contributed by atoms with Gasteiger partial charge in [-0.05, 0) is 25.5 Å². The van der Waals surface area contributed by atoms with Crippen LogP contribution in [0.1, 0.15) is 35.0 Å². The quantitative estimate of drug-likeness (QED) is 0.632. The van der Waals surface area contributed by atoms with E-state index < -0.39 is 0 Å². The van der Waals surface area contributed by atoms with E-state index in [1.807, 2.05) is 12.4 Å². The molecule has 0 spiro atoms. The Morgan fingerprint density at radius 2 is 2.35 bits per heavy atom. The maximum Gasteiger partial charge on any atom is 0.132 e. The van der Waals surface area contributed by atoms with Crippen LogP contribution in [0.5, 0.6) is 0 Å². The highest BCUT2D eigenvalue weighted by atomic mass is 32.1. The molecule has 0 saturated carbocycles. The van der Waals surface area contributed by atoms with Crippen LogP contribution in [-0.4, -0.2) is 9.55 Å². The first-order chi connectivity index (χ1) is 8.26. The molecule has 92 valence electrons. The summed E-state index contributed by atoms with van der Waals surface area (Å²) in [5, 5.41) is 0. The fourth-order valence-corrected chi connectivity index (χ4v) is 2.84. The van der Waals surface area contributed by atoms with Gasteiger partial charge in [0, 0.05) is 28.7 Å². The van der Waals surface area contributed by atoms with Crippen LogP contribution in [0.4, 0.5) is 0 Å². The monoisotopic (exact) mass is 250 g/mol. The molecule has 2 rings (SSSR count). The third-order valence-corrected chi connectivity index (χ3v) is 3.75. The van der Waals surface area contributed by atoms with Crippen molar-refractivity contribution in [1.29, 1.82) is 0 Å². The molecule has 2 heterocycles. The number of nitrogens with two attached hydrogens (primary N) is 1. The highest BCUT2D eigenvalue weighted by molar-refractivity contribution is 7.12. The maximum absolute atomic E-state index is 5.67. The summed E-state index contributed by atoms with van der Waals surface area (Å²) in [4.78, 5) is 6.91. The summed E-state index contributed by atoms with van der Waals surface area (Å²) in [5.74, 6) is 6.66. The van der Waals surface area contributed by atoms with Gasteiger partial charge in [-0.3, -0.25) is 5.84 Å². The van der Waals surface area contributed by atoms with Gasteiger partial charge in [-0.15, -0.1) is 11.3 Å². The second kappa shape index (κ2) is 5.44. The Hall–Kier alpha value is -1.17. The van der Waals surface area contributed by atoms with Crippen LogP contribution in [0.3, 0.4) is 0 Å². The average Bonchev–Trinajstić information content (AvgIpc) is 2.91. The number of rotatable bonds is 5. The lowest BCUT2D eigenvalue weighted by Crippen LogP contribution is -2.30. The molecule has 5 heteroatoms. The van der Waals surface area contributed by atoms with E-state index in [4.69, 9.17) is 5.84 Å². The van der Waals surface area contributed by atoms with E-state index in [-0.39, 0.29) is 6.04 Å². The fourth-order valence-electron chi connectivity index (χ4n) is 1.90. The summed E-state index contributed by atoms with van der Waals surface area (Å²) in [7, 11) is 0. The molecule has 0 aliphatic rings. The Labute approximate surface area is 105 Å². The summed E-state index contributed by atoms with van der Waals surface area (Å²) in [6.07, 6.45) is 4.92. The predicted molar refractivity (Wildman–Crippen MR) is 70.7 cm³/mol. The van der Waals surface area contributed by atoms with Crippen molar-refractivity contribution in [3.63, 3.8) is 0 Å². The van der Waals surface area contributed by atoms with Crippen LogP contribution in [-0.2, 0) is 6.54 Å². The first-order valence-corrected chi connectivity index (χ1v) is 6.61. The molecular weight excluding hydrogens is 232 g/mol. The number of hydrogen-bond acceptors (Lipinski definition) is 4. The zero-order valence-electron chi connectivity index (χ0n) is 10.2. The third kappa shape index (κ3) is 2.57. The van der Waals surface area contributed by atoms with Gasteiger partial charge in [-0.1, -0.05) is 6.92 Å². The molecule has 0 aliphatic heterocycles. The molecule has 0 aromatic carbocycles. The second-order valence-corrected chi connectivity index (χ2v) is 5.35. The van der Waals surface area contributed by atoms with Gasteiger partial charge in [-0.25, -0.2) is 10.4 Å². The van der Waals surface area contributed by atoms with Gasteiger partial charge in [0.15, 0.2) is 0 Å². The zero-order valence-corrected chi connectivity index (χ0v) is 11.0. The molecule has 0 saturated heterocycles. The van der Waals surface area contributed by atoms with Crippen molar-refractivity contribution in [3.8, 4) is 0 Å².